The van der Waals surface area contributed by atoms with Gasteiger partial charge in [0.05, 0.1) is 16.8 Å². The lowest BCUT2D eigenvalue weighted by molar-refractivity contribution is 0.306. The molecule has 0 atom stereocenters. The van der Waals surface area contributed by atoms with Crippen LogP contribution in [-0.4, -0.2) is 9.67 Å². The van der Waals surface area contributed by atoms with Crippen LogP contribution in [-0.2, 0) is 20.2 Å². The van der Waals surface area contributed by atoms with Crippen molar-refractivity contribution in [2.45, 2.75) is 20.1 Å². The van der Waals surface area contributed by atoms with Gasteiger partial charge in [-0.3, -0.25) is 0 Å². The van der Waals surface area contributed by atoms with Gasteiger partial charge < -0.3 is 19.7 Å². The number of hydrogen-bond donors (Lipinski definition) is 2. The van der Waals surface area contributed by atoms with Crippen LogP contribution in [0.3, 0.4) is 0 Å². The standard InChI is InChI=1S/C22H22N2O2S/c1-15-3-4-16(14-26-19-7-5-18(25)6-8-19)20(11-15)23-13-17-12-22-21(24(17)2)9-10-27-22/h3-12,23,25H,13-14H2,1-2H3. The van der Waals surface area contributed by atoms with Crippen LogP contribution in [0.2, 0.25) is 0 Å². The van der Waals surface area contributed by atoms with Crippen molar-refractivity contribution in [3.8, 4) is 11.5 Å². The Hall–Kier alpha value is -2.92. The Bertz CT molecular complexity index is 1060. The number of aromatic nitrogens is 1. The highest BCUT2D eigenvalue weighted by molar-refractivity contribution is 7.17. The molecule has 0 bridgehead atoms. The number of ether oxygens (including phenoxy) is 1. The molecular weight excluding hydrogens is 356 g/mol. The molecular formula is C22H22N2O2S. The van der Waals surface area contributed by atoms with Gasteiger partial charge in [0.2, 0.25) is 0 Å². The quantitative estimate of drug-likeness (QED) is 0.469. The van der Waals surface area contributed by atoms with E-state index in [4.69, 9.17) is 4.74 Å². The van der Waals surface area contributed by atoms with E-state index in [0.717, 1.165) is 23.5 Å². The molecule has 0 aliphatic carbocycles. The van der Waals surface area contributed by atoms with Crippen molar-refractivity contribution in [2.75, 3.05) is 5.32 Å². The molecule has 5 heteroatoms. The highest BCUT2D eigenvalue weighted by atomic mass is 32.1. The van der Waals surface area contributed by atoms with Gasteiger partial charge in [-0.2, -0.15) is 0 Å². The molecule has 0 saturated carbocycles. The monoisotopic (exact) mass is 378 g/mol. The zero-order valence-electron chi connectivity index (χ0n) is 15.4. The van der Waals surface area contributed by atoms with Crippen molar-refractivity contribution in [1.82, 2.24) is 4.57 Å². The van der Waals surface area contributed by atoms with E-state index in [-0.39, 0.29) is 5.75 Å². The zero-order valence-corrected chi connectivity index (χ0v) is 16.2. The topological polar surface area (TPSA) is 46.4 Å². The molecule has 2 aromatic heterocycles. The first-order valence-corrected chi connectivity index (χ1v) is 9.75. The van der Waals surface area contributed by atoms with E-state index in [1.54, 1.807) is 35.6 Å². The first-order chi connectivity index (χ1) is 13.1. The number of thiophene rings is 1. The number of aromatic hydroxyl groups is 1. The first kappa shape index (κ1) is 17.5. The molecule has 0 radical (unpaired) electrons. The molecule has 4 nitrogen and oxygen atoms in total. The summed E-state index contributed by atoms with van der Waals surface area (Å²) in [6.45, 7) is 3.32. The second kappa shape index (κ2) is 7.37. The molecule has 0 fully saturated rings. The average molecular weight is 378 g/mol. The Labute approximate surface area is 162 Å². The number of benzene rings is 2. The fraction of sp³-hybridized carbons (Fsp3) is 0.182. The molecule has 0 amide bonds. The third kappa shape index (κ3) is 3.78. The van der Waals surface area contributed by atoms with Gasteiger partial charge in [0, 0.05) is 24.0 Å². The summed E-state index contributed by atoms with van der Waals surface area (Å²) in [5, 5.41) is 15.1. The minimum absolute atomic E-state index is 0.238. The second-order valence-corrected chi connectivity index (χ2v) is 7.61. The van der Waals surface area contributed by atoms with Crippen LogP contribution in [0, 0.1) is 6.92 Å². The van der Waals surface area contributed by atoms with Crippen molar-refractivity contribution in [3.05, 3.63) is 76.8 Å². The molecule has 0 aliphatic heterocycles. The summed E-state index contributed by atoms with van der Waals surface area (Å²) in [7, 11) is 2.11. The van der Waals surface area contributed by atoms with Gasteiger partial charge in [-0.1, -0.05) is 12.1 Å². The highest BCUT2D eigenvalue weighted by Crippen LogP contribution is 2.26. The van der Waals surface area contributed by atoms with Crippen LogP contribution in [0.1, 0.15) is 16.8 Å². The molecule has 2 heterocycles. The van der Waals surface area contributed by atoms with E-state index in [1.165, 1.54) is 21.5 Å². The number of fused-ring (bicyclic) bond motifs is 1. The second-order valence-electron chi connectivity index (χ2n) is 6.66. The van der Waals surface area contributed by atoms with E-state index in [9.17, 15) is 5.11 Å². The minimum atomic E-state index is 0.238. The molecule has 138 valence electrons. The van der Waals surface area contributed by atoms with Crippen LogP contribution in [0.5, 0.6) is 11.5 Å². The van der Waals surface area contributed by atoms with Crippen molar-refractivity contribution in [1.29, 1.82) is 0 Å². The molecule has 4 aromatic rings. The van der Waals surface area contributed by atoms with Gasteiger partial charge in [0.15, 0.2) is 0 Å². The molecule has 27 heavy (non-hydrogen) atoms. The van der Waals surface area contributed by atoms with Crippen LogP contribution in [0.15, 0.2) is 60.0 Å². The van der Waals surface area contributed by atoms with Crippen LogP contribution in [0.4, 0.5) is 5.69 Å². The Morgan fingerprint density at radius 2 is 1.89 bits per heavy atom. The van der Waals surface area contributed by atoms with E-state index in [2.05, 4.69) is 59.6 Å². The maximum Gasteiger partial charge on any atom is 0.120 e. The molecule has 2 N–H and O–H groups in total. The van der Waals surface area contributed by atoms with Crippen molar-refractivity contribution >= 4 is 27.2 Å². The zero-order chi connectivity index (χ0) is 18.8. The van der Waals surface area contributed by atoms with Crippen LogP contribution in [0.25, 0.3) is 10.2 Å². The number of anilines is 1. The van der Waals surface area contributed by atoms with E-state index in [1.807, 2.05) is 0 Å². The van der Waals surface area contributed by atoms with Crippen LogP contribution < -0.4 is 10.1 Å². The summed E-state index contributed by atoms with van der Waals surface area (Å²) in [6, 6.07) is 17.6. The Balaban J connectivity index is 1.49. The van der Waals surface area contributed by atoms with Gasteiger partial charge in [-0.15, -0.1) is 11.3 Å². The number of hydrogen-bond acceptors (Lipinski definition) is 4. The van der Waals surface area contributed by atoms with Gasteiger partial charge in [0.1, 0.15) is 18.1 Å². The Morgan fingerprint density at radius 3 is 2.67 bits per heavy atom. The van der Waals surface area contributed by atoms with Gasteiger partial charge >= 0.3 is 0 Å². The Kier molecular flexibility index (Phi) is 4.77. The fourth-order valence-corrected chi connectivity index (χ4v) is 4.02. The van der Waals surface area contributed by atoms with Gasteiger partial charge in [-0.05, 0) is 60.3 Å². The first-order valence-electron chi connectivity index (χ1n) is 8.87. The van der Waals surface area contributed by atoms with Crippen molar-refractivity contribution in [2.24, 2.45) is 7.05 Å². The van der Waals surface area contributed by atoms with Gasteiger partial charge in [-0.25, -0.2) is 0 Å². The molecule has 2 aromatic carbocycles. The number of rotatable bonds is 6. The molecule has 0 saturated heterocycles. The maximum atomic E-state index is 9.39. The van der Waals surface area contributed by atoms with Gasteiger partial charge in [0.25, 0.3) is 0 Å². The molecule has 0 unspecified atom stereocenters. The number of phenols is 1. The third-order valence-corrected chi connectivity index (χ3v) is 5.57. The SMILES string of the molecule is Cc1ccc(COc2ccc(O)cc2)c(NCc2cc3sccc3n2C)c1. The normalized spacial score (nSPS) is 11.0. The van der Waals surface area contributed by atoms with E-state index < -0.39 is 0 Å². The Morgan fingerprint density at radius 1 is 1.07 bits per heavy atom. The maximum absolute atomic E-state index is 9.39. The summed E-state index contributed by atoms with van der Waals surface area (Å²) in [5.74, 6) is 0.976. The molecule has 4 rings (SSSR count). The number of aryl methyl sites for hydroxylation is 2. The fourth-order valence-electron chi connectivity index (χ4n) is 3.14. The molecule has 0 spiro atoms. The van der Waals surface area contributed by atoms with Crippen molar-refractivity contribution < 1.29 is 9.84 Å². The lowest BCUT2D eigenvalue weighted by atomic mass is 10.1. The minimum Gasteiger partial charge on any atom is -0.508 e. The van der Waals surface area contributed by atoms with E-state index in [0.29, 0.717) is 6.61 Å². The summed E-state index contributed by atoms with van der Waals surface area (Å²) in [4.78, 5) is 0. The number of nitrogens with zero attached hydrogens (tertiary/aromatic N) is 1. The van der Waals surface area contributed by atoms with Crippen LogP contribution >= 0.6 is 11.3 Å². The predicted molar refractivity (Wildman–Crippen MR) is 112 cm³/mol. The third-order valence-electron chi connectivity index (χ3n) is 4.72. The summed E-state index contributed by atoms with van der Waals surface area (Å²) in [5.41, 5.74) is 5.92. The number of nitrogens with one attached hydrogen (secondary N) is 1. The number of phenolic OH excluding ortho intramolecular Hbond substituents is 1. The highest BCUT2D eigenvalue weighted by Gasteiger charge is 2.09. The largest absolute Gasteiger partial charge is 0.508 e. The average Bonchev–Trinajstić information content (AvgIpc) is 3.24. The lowest BCUT2D eigenvalue weighted by Gasteiger charge is -2.15. The smallest absolute Gasteiger partial charge is 0.120 e. The van der Waals surface area contributed by atoms with E-state index >= 15 is 0 Å². The van der Waals surface area contributed by atoms with Crippen molar-refractivity contribution in [3.63, 3.8) is 0 Å². The summed E-state index contributed by atoms with van der Waals surface area (Å²) >= 11 is 1.77. The summed E-state index contributed by atoms with van der Waals surface area (Å²) < 4.78 is 9.44. The lowest BCUT2D eigenvalue weighted by Crippen LogP contribution is -2.07. The molecule has 0 aliphatic rings. The predicted octanol–water partition coefficient (Wildman–Crippen LogP) is 5.44. The summed E-state index contributed by atoms with van der Waals surface area (Å²) in [6.07, 6.45) is 0.